The van der Waals surface area contributed by atoms with Gasteiger partial charge in [0, 0.05) is 62.7 Å². The van der Waals surface area contributed by atoms with Crippen molar-refractivity contribution in [1.82, 2.24) is 14.7 Å². The number of ether oxygens (including phenoxy) is 1. The van der Waals surface area contributed by atoms with Crippen LogP contribution in [0, 0.1) is 5.92 Å². The monoisotopic (exact) mass is 427 g/mol. The Morgan fingerprint density at radius 1 is 1.10 bits per heavy atom. The number of thiophene rings is 1. The molecule has 0 N–H and O–H groups in total. The van der Waals surface area contributed by atoms with Gasteiger partial charge in [0.15, 0.2) is 0 Å². The summed E-state index contributed by atoms with van der Waals surface area (Å²) in [6.45, 7) is 5.33. The highest BCUT2D eigenvalue weighted by Gasteiger charge is 2.37. The van der Waals surface area contributed by atoms with Crippen LogP contribution in [0.1, 0.15) is 23.3 Å². The smallest absolute Gasteiger partial charge is 0.228 e. The van der Waals surface area contributed by atoms with E-state index in [4.69, 9.17) is 4.74 Å². The Labute approximate surface area is 182 Å². The molecule has 2 aromatic rings. The first kappa shape index (κ1) is 20.9. The van der Waals surface area contributed by atoms with E-state index >= 15 is 0 Å². The molecule has 0 bridgehead atoms. The Morgan fingerprint density at radius 3 is 2.77 bits per heavy atom. The van der Waals surface area contributed by atoms with Gasteiger partial charge < -0.3 is 14.5 Å². The zero-order valence-electron chi connectivity index (χ0n) is 17.5. The summed E-state index contributed by atoms with van der Waals surface area (Å²) in [5.41, 5.74) is 0.973. The van der Waals surface area contributed by atoms with Crippen LogP contribution in [0.4, 0.5) is 0 Å². The predicted molar refractivity (Wildman–Crippen MR) is 117 cm³/mol. The van der Waals surface area contributed by atoms with Crippen molar-refractivity contribution in [2.75, 3.05) is 39.8 Å². The van der Waals surface area contributed by atoms with Crippen molar-refractivity contribution in [3.63, 3.8) is 0 Å². The van der Waals surface area contributed by atoms with E-state index in [9.17, 15) is 9.59 Å². The first-order valence-corrected chi connectivity index (χ1v) is 11.4. The van der Waals surface area contributed by atoms with Crippen LogP contribution in [0.25, 0.3) is 0 Å². The molecule has 1 atom stereocenters. The summed E-state index contributed by atoms with van der Waals surface area (Å²) in [5, 5.41) is 2.11. The fourth-order valence-corrected chi connectivity index (χ4v) is 5.11. The topological polar surface area (TPSA) is 53.1 Å². The number of hydrogen-bond donors (Lipinski definition) is 0. The number of carbonyl (C=O) groups excluding carboxylic acids is 2. The van der Waals surface area contributed by atoms with Crippen molar-refractivity contribution >= 4 is 23.2 Å². The summed E-state index contributed by atoms with van der Waals surface area (Å²) >= 11 is 1.78. The first-order chi connectivity index (χ1) is 14.6. The zero-order chi connectivity index (χ0) is 20.9. The van der Waals surface area contributed by atoms with E-state index < -0.39 is 0 Å². The summed E-state index contributed by atoms with van der Waals surface area (Å²) in [7, 11) is 1.64. The van der Waals surface area contributed by atoms with Gasteiger partial charge in [-0.15, -0.1) is 11.3 Å². The summed E-state index contributed by atoms with van der Waals surface area (Å²) in [5.74, 6) is 0.715. The van der Waals surface area contributed by atoms with Gasteiger partial charge in [0.2, 0.25) is 11.8 Å². The SMILES string of the molecule is COc1ccccc1CN1CC(C(=O)N2CCCN(Cc3cccs3)CC2)CC1=O. The van der Waals surface area contributed by atoms with Crippen molar-refractivity contribution in [1.29, 1.82) is 0 Å². The van der Waals surface area contributed by atoms with Crippen LogP contribution in [0.3, 0.4) is 0 Å². The van der Waals surface area contributed by atoms with Gasteiger partial charge in [-0.3, -0.25) is 14.5 Å². The lowest BCUT2D eigenvalue weighted by atomic mass is 10.1. The second-order valence-electron chi connectivity index (χ2n) is 8.02. The number of rotatable bonds is 6. The normalized spacial score (nSPS) is 20.4. The predicted octanol–water partition coefficient (Wildman–Crippen LogP) is 2.84. The van der Waals surface area contributed by atoms with Gasteiger partial charge >= 0.3 is 0 Å². The number of nitrogens with zero attached hydrogens (tertiary/aromatic N) is 3. The van der Waals surface area contributed by atoms with Gasteiger partial charge in [-0.25, -0.2) is 0 Å². The minimum absolute atomic E-state index is 0.0494. The van der Waals surface area contributed by atoms with E-state index in [1.807, 2.05) is 29.2 Å². The Hall–Kier alpha value is -2.38. The molecule has 1 unspecified atom stereocenters. The maximum absolute atomic E-state index is 13.1. The molecule has 160 valence electrons. The van der Waals surface area contributed by atoms with Crippen LogP contribution < -0.4 is 4.74 Å². The molecular formula is C23H29N3O3S. The molecule has 7 heteroatoms. The molecule has 0 spiro atoms. The third-order valence-corrected chi connectivity index (χ3v) is 6.84. The van der Waals surface area contributed by atoms with E-state index in [1.54, 1.807) is 23.3 Å². The lowest BCUT2D eigenvalue weighted by Gasteiger charge is -2.24. The van der Waals surface area contributed by atoms with E-state index in [-0.39, 0.29) is 17.7 Å². The second kappa shape index (κ2) is 9.62. The van der Waals surface area contributed by atoms with Gasteiger partial charge in [0.05, 0.1) is 13.0 Å². The fourth-order valence-electron chi connectivity index (χ4n) is 4.36. The minimum Gasteiger partial charge on any atom is -0.496 e. The number of carbonyl (C=O) groups is 2. The quantitative estimate of drug-likeness (QED) is 0.711. The third-order valence-electron chi connectivity index (χ3n) is 5.98. The number of benzene rings is 1. The minimum atomic E-state index is -0.240. The van der Waals surface area contributed by atoms with Crippen molar-refractivity contribution < 1.29 is 14.3 Å². The van der Waals surface area contributed by atoms with Gasteiger partial charge in [-0.2, -0.15) is 0 Å². The highest BCUT2D eigenvalue weighted by atomic mass is 32.1. The Bertz CT molecular complexity index is 870. The van der Waals surface area contributed by atoms with Gasteiger partial charge in [-0.1, -0.05) is 24.3 Å². The number of hydrogen-bond acceptors (Lipinski definition) is 5. The van der Waals surface area contributed by atoms with Crippen LogP contribution >= 0.6 is 11.3 Å². The maximum atomic E-state index is 13.1. The molecule has 2 aliphatic heterocycles. The number of likely N-dealkylation sites (tertiary alicyclic amines) is 1. The lowest BCUT2D eigenvalue weighted by Crippen LogP contribution is -2.39. The van der Waals surface area contributed by atoms with Crippen LogP contribution in [-0.2, 0) is 22.7 Å². The molecule has 0 saturated carbocycles. The van der Waals surface area contributed by atoms with E-state index in [2.05, 4.69) is 22.4 Å². The van der Waals surface area contributed by atoms with Crippen molar-refractivity contribution in [3.8, 4) is 5.75 Å². The van der Waals surface area contributed by atoms with Gasteiger partial charge in [-0.05, 0) is 23.9 Å². The largest absolute Gasteiger partial charge is 0.496 e. The number of amides is 2. The lowest BCUT2D eigenvalue weighted by molar-refractivity contribution is -0.135. The zero-order valence-corrected chi connectivity index (χ0v) is 18.3. The number of para-hydroxylation sites is 1. The molecule has 1 aromatic carbocycles. The molecule has 6 nitrogen and oxygen atoms in total. The maximum Gasteiger partial charge on any atom is 0.228 e. The molecule has 1 aromatic heterocycles. The average molecular weight is 428 g/mol. The Balaban J connectivity index is 1.33. The molecule has 3 heterocycles. The highest BCUT2D eigenvalue weighted by molar-refractivity contribution is 7.09. The summed E-state index contributed by atoms with van der Waals surface area (Å²) in [6, 6.07) is 12.0. The molecular weight excluding hydrogens is 398 g/mol. The average Bonchev–Trinajstić information content (AvgIpc) is 3.33. The van der Waals surface area contributed by atoms with Crippen LogP contribution in [0.5, 0.6) is 5.75 Å². The van der Waals surface area contributed by atoms with Crippen molar-refractivity contribution in [2.24, 2.45) is 5.92 Å². The second-order valence-corrected chi connectivity index (χ2v) is 9.05. The number of methoxy groups -OCH3 is 1. The van der Waals surface area contributed by atoms with Crippen molar-refractivity contribution in [2.45, 2.75) is 25.9 Å². The van der Waals surface area contributed by atoms with Gasteiger partial charge in [0.25, 0.3) is 0 Å². The molecule has 2 aliphatic rings. The molecule has 2 fully saturated rings. The standard InChI is InChI=1S/C23H29N3O3S/c1-29-21-8-3-2-6-18(21)15-26-16-19(14-22(26)27)23(28)25-10-5-9-24(11-12-25)17-20-7-4-13-30-20/h2-4,6-8,13,19H,5,9-12,14-17H2,1H3. The third kappa shape index (κ3) is 4.84. The Morgan fingerprint density at radius 2 is 1.97 bits per heavy atom. The van der Waals surface area contributed by atoms with E-state index in [1.165, 1.54) is 4.88 Å². The molecule has 0 aliphatic carbocycles. The van der Waals surface area contributed by atoms with Gasteiger partial charge in [0.1, 0.15) is 5.75 Å². The first-order valence-electron chi connectivity index (χ1n) is 10.6. The summed E-state index contributed by atoms with van der Waals surface area (Å²) in [4.78, 5) is 33.3. The molecule has 2 amide bonds. The highest BCUT2D eigenvalue weighted by Crippen LogP contribution is 2.26. The van der Waals surface area contributed by atoms with Crippen LogP contribution in [0.15, 0.2) is 41.8 Å². The molecule has 30 heavy (non-hydrogen) atoms. The molecule has 2 saturated heterocycles. The van der Waals surface area contributed by atoms with Crippen LogP contribution in [-0.4, -0.2) is 66.3 Å². The van der Waals surface area contributed by atoms with E-state index in [0.29, 0.717) is 19.5 Å². The molecule has 4 rings (SSSR count). The van der Waals surface area contributed by atoms with E-state index in [0.717, 1.165) is 50.5 Å². The fraction of sp³-hybridized carbons (Fsp3) is 0.478. The van der Waals surface area contributed by atoms with Crippen molar-refractivity contribution in [3.05, 3.63) is 52.2 Å². The summed E-state index contributed by atoms with van der Waals surface area (Å²) in [6.07, 6.45) is 1.28. The van der Waals surface area contributed by atoms with Crippen LogP contribution in [0.2, 0.25) is 0 Å². The Kier molecular flexibility index (Phi) is 6.69. The molecule has 0 radical (unpaired) electrons. The summed E-state index contributed by atoms with van der Waals surface area (Å²) < 4.78 is 5.40.